The third kappa shape index (κ3) is 5.55. The Bertz CT molecular complexity index is 1530. The molecule has 1 aliphatic carbocycles. The lowest BCUT2D eigenvalue weighted by Gasteiger charge is -2.14. The van der Waals surface area contributed by atoms with E-state index in [4.69, 9.17) is 4.52 Å². The van der Waals surface area contributed by atoms with Crippen LogP contribution in [-0.2, 0) is 23.7 Å². The average molecular weight is 567 g/mol. The molecule has 40 heavy (non-hydrogen) atoms. The molecular weight excluding hydrogens is 548 g/mol. The lowest BCUT2D eigenvalue weighted by Crippen LogP contribution is -2.28. The van der Waals surface area contributed by atoms with Crippen LogP contribution in [0.5, 0.6) is 5.88 Å². The molecule has 1 aromatic carbocycles. The summed E-state index contributed by atoms with van der Waals surface area (Å²) in [5, 5.41) is 12.3. The largest absolute Gasteiger partial charge is 0.413 e. The van der Waals surface area contributed by atoms with Crippen LogP contribution in [0.25, 0.3) is 11.1 Å². The smallest absolute Gasteiger partial charge is 0.401 e. The second-order valence-electron chi connectivity index (χ2n) is 9.01. The minimum atomic E-state index is -4.49. The van der Waals surface area contributed by atoms with Gasteiger partial charge in [0.2, 0.25) is 11.9 Å². The van der Waals surface area contributed by atoms with Gasteiger partial charge in [0, 0.05) is 31.1 Å². The number of nitrogens with zero attached hydrogens (tertiary/aromatic N) is 5. The molecule has 1 saturated carbocycles. The van der Waals surface area contributed by atoms with E-state index in [9.17, 15) is 31.1 Å². The summed E-state index contributed by atoms with van der Waals surface area (Å²) in [6.07, 6.45) is -1.01. The van der Waals surface area contributed by atoms with Crippen molar-refractivity contribution in [3.05, 3.63) is 60.0 Å². The van der Waals surface area contributed by atoms with Crippen LogP contribution in [0.4, 0.5) is 43.8 Å². The predicted octanol–water partition coefficient (Wildman–Crippen LogP) is 5.12. The molecule has 4 aromatic rings. The van der Waals surface area contributed by atoms with Crippen LogP contribution in [0, 0.1) is 5.82 Å². The molecule has 2 N–H and O–H groups in total. The molecule has 0 spiro atoms. The number of hydrogen-bond donors (Lipinski definition) is 2. The number of aromatic nitrogens is 5. The highest BCUT2D eigenvalue weighted by Gasteiger charge is 2.66. The number of benzene rings is 1. The Morgan fingerprint density at radius 2 is 1.90 bits per heavy atom. The maximum atomic E-state index is 14.8. The van der Waals surface area contributed by atoms with E-state index in [1.54, 1.807) is 0 Å². The van der Waals surface area contributed by atoms with Crippen molar-refractivity contribution in [1.82, 2.24) is 24.9 Å². The van der Waals surface area contributed by atoms with Crippen molar-refractivity contribution in [2.24, 2.45) is 7.05 Å². The molecule has 3 aromatic heterocycles. The molecule has 210 valence electrons. The Kier molecular flexibility index (Phi) is 6.85. The molecule has 1 amide bonds. The van der Waals surface area contributed by atoms with Crippen molar-refractivity contribution in [1.29, 1.82) is 0 Å². The normalized spacial score (nSPS) is 14.3. The first-order valence-corrected chi connectivity index (χ1v) is 11.6. The van der Waals surface area contributed by atoms with Crippen molar-refractivity contribution in [2.75, 3.05) is 10.6 Å². The van der Waals surface area contributed by atoms with Gasteiger partial charge < -0.3 is 19.9 Å². The van der Waals surface area contributed by atoms with Crippen molar-refractivity contribution in [3.8, 4) is 17.0 Å². The highest BCUT2D eigenvalue weighted by molar-refractivity contribution is 5.91. The zero-order valence-electron chi connectivity index (χ0n) is 20.5. The first kappa shape index (κ1) is 27.0. The van der Waals surface area contributed by atoms with Crippen molar-refractivity contribution in [2.45, 2.75) is 37.5 Å². The quantitative estimate of drug-likeness (QED) is 0.268. The lowest BCUT2D eigenvalue weighted by atomic mass is 10.0. The molecule has 0 radical (unpaired) electrons. The Balaban J connectivity index is 1.21. The van der Waals surface area contributed by atoms with Gasteiger partial charge in [-0.25, -0.2) is 14.4 Å². The van der Waals surface area contributed by atoms with E-state index in [-0.39, 0.29) is 47.5 Å². The van der Waals surface area contributed by atoms with Gasteiger partial charge in [-0.3, -0.25) is 9.48 Å². The topological polar surface area (TPSA) is 120 Å². The number of amides is 1. The number of aryl methyl sites for hydroxylation is 1. The van der Waals surface area contributed by atoms with Crippen LogP contribution in [0.3, 0.4) is 0 Å². The summed E-state index contributed by atoms with van der Waals surface area (Å²) < 4.78 is 90.1. The van der Waals surface area contributed by atoms with Gasteiger partial charge >= 0.3 is 12.8 Å². The molecule has 0 atom stereocenters. The summed E-state index contributed by atoms with van der Waals surface area (Å²) in [5.41, 5.74) is -1.13. The van der Waals surface area contributed by atoms with Crippen LogP contribution >= 0.6 is 0 Å². The molecule has 5 rings (SSSR count). The van der Waals surface area contributed by atoms with Gasteiger partial charge in [-0.05, 0) is 30.0 Å². The van der Waals surface area contributed by atoms with Gasteiger partial charge in [-0.15, -0.1) is 5.10 Å². The van der Waals surface area contributed by atoms with Gasteiger partial charge in [0.05, 0.1) is 12.6 Å². The summed E-state index contributed by atoms with van der Waals surface area (Å²) in [5.74, 6) is -2.29. The number of halogens is 6. The molecular formula is C24H19F6N7O3. The Hall–Kier alpha value is -4.63. The van der Waals surface area contributed by atoms with E-state index in [2.05, 4.69) is 35.6 Å². The van der Waals surface area contributed by atoms with Crippen LogP contribution in [-0.4, -0.2) is 43.6 Å². The SMILES string of the molecule is Cn1cc(Nc2ncc(-c3ccc(CC(=O)Nc4cc(C5(C(F)(F)F)CC5)on4)c(F)c3)cn2)c(OC(F)F)n1. The zero-order valence-corrected chi connectivity index (χ0v) is 20.5. The molecule has 3 heterocycles. The highest BCUT2D eigenvalue weighted by Crippen LogP contribution is 2.59. The van der Waals surface area contributed by atoms with E-state index in [0.717, 1.165) is 6.07 Å². The summed E-state index contributed by atoms with van der Waals surface area (Å²) in [4.78, 5) is 20.5. The molecule has 0 saturated heterocycles. The van der Waals surface area contributed by atoms with Crippen molar-refractivity contribution < 1.29 is 40.4 Å². The van der Waals surface area contributed by atoms with Crippen LogP contribution in [0.1, 0.15) is 24.2 Å². The third-order valence-electron chi connectivity index (χ3n) is 6.17. The summed E-state index contributed by atoms with van der Waals surface area (Å²) >= 11 is 0. The minimum Gasteiger partial charge on any atom is -0.413 e. The van der Waals surface area contributed by atoms with E-state index in [1.807, 2.05) is 0 Å². The van der Waals surface area contributed by atoms with E-state index in [0.29, 0.717) is 11.1 Å². The summed E-state index contributed by atoms with van der Waals surface area (Å²) in [6.45, 7) is -3.07. The first-order chi connectivity index (χ1) is 18.9. The standard InChI is InChI=1S/C24H19F6N7O3/c1-37-11-16(20(35-37)39-21(26)27)33-22-31-9-14(10-32-22)12-2-3-13(15(25)6-12)7-19(38)34-18-8-17(40-36-18)23(4-5-23)24(28,29)30/h2-3,6,8-11,21H,4-5,7H2,1H3,(H,31,32,33)(H,34,36,38). The van der Waals surface area contributed by atoms with Crippen LogP contribution < -0.4 is 15.4 Å². The second-order valence-corrected chi connectivity index (χ2v) is 9.01. The van der Waals surface area contributed by atoms with Crippen LogP contribution in [0.2, 0.25) is 0 Å². The van der Waals surface area contributed by atoms with E-state index < -0.39 is 36.3 Å². The maximum absolute atomic E-state index is 14.8. The predicted molar refractivity (Wildman–Crippen MR) is 126 cm³/mol. The van der Waals surface area contributed by atoms with E-state index >= 15 is 0 Å². The second kappa shape index (κ2) is 10.2. The summed E-state index contributed by atoms with van der Waals surface area (Å²) in [6, 6.07) is 5.09. The number of rotatable bonds is 9. The Morgan fingerprint density at radius 1 is 1.18 bits per heavy atom. The molecule has 10 nitrogen and oxygen atoms in total. The van der Waals surface area contributed by atoms with E-state index in [1.165, 1.54) is 48.5 Å². The first-order valence-electron chi connectivity index (χ1n) is 11.6. The van der Waals surface area contributed by atoms with Gasteiger partial charge in [-0.1, -0.05) is 17.3 Å². The maximum Gasteiger partial charge on any atom is 0.401 e. The number of anilines is 3. The molecule has 1 aliphatic rings. The van der Waals surface area contributed by atoms with Gasteiger partial charge in [0.15, 0.2) is 11.6 Å². The molecule has 1 fully saturated rings. The zero-order chi connectivity index (χ0) is 28.7. The molecule has 16 heteroatoms. The molecule has 0 bridgehead atoms. The number of ether oxygens (including phenoxy) is 1. The molecule has 0 unspecified atom stereocenters. The number of carbonyl (C=O) groups excluding carboxylic acids is 1. The van der Waals surface area contributed by atoms with Crippen molar-refractivity contribution >= 4 is 23.4 Å². The number of hydrogen-bond acceptors (Lipinski definition) is 8. The van der Waals surface area contributed by atoms with Crippen molar-refractivity contribution in [3.63, 3.8) is 0 Å². The van der Waals surface area contributed by atoms with Gasteiger partial charge in [0.1, 0.15) is 16.9 Å². The minimum absolute atomic E-state index is 0.0289. The number of alkyl halides is 5. The van der Waals surface area contributed by atoms with Gasteiger partial charge in [0.25, 0.3) is 5.88 Å². The Morgan fingerprint density at radius 3 is 2.52 bits per heavy atom. The average Bonchev–Trinajstić information content (AvgIpc) is 3.47. The lowest BCUT2D eigenvalue weighted by molar-refractivity contribution is -0.165. The highest BCUT2D eigenvalue weighted by atomic mass is 19.4. The number of nitrogens with one attached hydrogen (secondary N) is 2. The fourth-order valence-corrected chi connectivity index (χ4v) is 3.97. The number of carbonyl (C=O) groups is 1. The van der Waals surface area contributed by atoms with Crippen LogP contribution in [0.15, 0.2) is 47.4 Å². The Labute approximate surface area is 221 Å². The van der Waals surface area contributed by atoms with Gasteiger partial charge in [-0.2, -0.15) is 22.0 Å². The fourth-order valence-electron chi connectivity index (χ4n) is 3.97. The third-order valence-corrected chi connectivity index (χ3v) is 6.17. The monoisotopic (exact) mass is 567 g/mol. The molecule has 0 aliphatic heterocycles. The summed E-state index contributed by atoms with van der Waals surface area (Å²) in [7, 11) is 1.51. The fraction of sp³-hybridized carbons (Fsp3) is 0.292.